The van der Waals surface area contributed by atoms with Crippen molar-refractivity contribution in [3.63, 3.8) is 0 Å². The molecule has 186 valence electrons. The summed E-state index contributed by atoms with van der Waals surface area (Å²) in [6, 6.07) is 17.2. The summed E-state index contributed by atoms with van der Waals surface area (Å²) < 4.78 is 33.6. The average molecular weight is 524 g/mol. The number of fused-ring (bicyclic) bond motifs is 1. The molecule has 2 heterocycles. The lowest BCUT2D eigenvalue weighted by Gasteiger charge is -2.10. The minimum atomic E-state index is -3.87. The molecule has 0 aliphatic rings. The van der Waals surface area contributed by atoms with Gasteiger partial charge in [-0.15, -0.1) is 0 Å². The van der Waals surface area contributed by atoms with Gasteiger partial charge < -0.3 is 9.72 Å². The second-order valence-electron chi connectivity index (χ2n) is 8.02. The first-order valence-electron chi connectivity index (χ1n) is 11.2. The van der Waals surface area contributed by atoms with E-state index in [0.29, 0.717) is 17.9 Å². The predicted octanol–water partition coefficient (Wildman–Crippen LogP) is 4.84. The Balaban J connectivity index is 1.28. The topological polar surface area (TPSA) is 118 Å². The number of ketones is 1. The van der Waals surface area contributed by atoms with Gasteiger partial charge in [0.05, 0.1) is 17.3 Å². The van der Waals surface area contributed by atoms with Crippen LogP contribution in [0.2, 0.25) is 0 Å². The number of aromatic nitrogens is 2. The van der Waals surface area contributed by atoms with Crippen LogP contribution in [-0.4, -0.2) is 41.6 Å². The lowest BCUT2D eigenvalue weighted by atomic mass is 10.1. The Morgan fingerprint density at radius 2 is 1.83 bits per heavy atom. The van der Waals surface area contributed by atoms with Crippen molar-refractivity contribution in [3.8, 4) is 5.75 Å². The monoisotopic (exact) mass is 523 g/mol. The van der Waals surface area contributed by atoms with Gasteiger partial charge in [0.25, 0.3) is 10.0 Å². The fraction of sp³-hybridized carbons (Fsp3) is 0.192. The molecule has 10 heteroatoms. The number of carbonyl (C=O) groups is 2. The van der Waals surface area contributed by atoms with Crippen molar-refractivity contribution in [3.05, 3.63) is 84.2 Å². The SMILES string of the molecule is CC(=O)SCC(=O)c1ccc(NS(=O)(=O)c2ccc(OCCCc3c[nH]c4ccccc34)cc2)nc1. The molecule has 0 amide bonds. The number of pyridine rings is 1. The van der Waals surface area contributed by atoms with Crippen LogP contribution in [-0.2, 0) is 21.2 Å². The minimum Gasteiger partial charge on any atom is -0.494 e. The molecule has 4 aromatic rings. The van der Waals surface area contributed by atoms with E-state index in [2.05, 4.69) is 20.8 Å². The number of para-hydroxylation sites is 1. The first-order chi connectivity index (χ1) is 17.3. The molecule has 36 heavy (non-hydrogen) atoms. The molecule has 2 N–H and O–H groups in total. The second-order valence-corrected chi connectivity index (χ2v) is 10.9. The van der Waals surface area contributed by atoms with Crippen LogP contribution in [0.3, 0.4) is 0 Å². The number of carbonyl (C=O) groups excluding carboxylic acids is 2. The van der Waals surface area contributed by atoms with Gasteiger partial charge in [0.1, 0.15) is 11.6 Å². The van der Waals surface area contributed by atoms with E-state index in [9.17, 15) is 18.0 Å². The summed E-state index contributed by atoms with van der Waals surface area (Å²) in [5.41, 5.74) is 2.66. The molecule has 0 saturated heterocycles. The molecule has 0 radical (unpaired) electrons. The summed E-state index contributed by atoms with van der Waals surface area (Å²) in [5, 5.41) is 1.06. The fourth-order valence-corrected chi connectivity index (χ4v) is 5.08. The molecule has 0 bridgehead atoms. The summed E-state index contributed by atoms with van der Waals surface area (Å²) in [6.45, 7) is 1.89. The largest absolute Gasteiger partial charge is 0.494 e. The van der Waals surface area contributed by atoms with Gasteiger partial charge in [-0.3, -0.25) is 14.3 Å². The van der Waals surface area contributed by atoms with Crippen molar-refractivity contribution >= 4 is 49.4 Å². The number of Topliss-reactive ketones (excluding diaryl/α,β-unsaturated/α-hetero) is 1. The van der Waals surface area contributed by atoms with Gasteiger partial charge in [-0.1, -0.05) is 30.0 Å². The smallest absolute Gasteiger partial charge is 0.263 e. The van der Waals surface area contributed by atoms with Crippen molar-refractivity contribution in [1.82, 2.24) is 9.97 Å². The number of nitrogens with zero attached hydrogens (tertiary/aromatic N) is 1. The van der Waals surface area contributed by atoms with Gasteiger partial charge >= 0.3 is 0 Å². The van der Waals surface area contributed by atoms with Crippen LogP contribution in [0.4, 0.5) is 5.82 Å². The summed E-state index contributed by atoms with van der Waals surface area (Å²) in [4.78, 5) is 30.4. The van der Waals surface area contributed by atoms with Crippen molar-refractivity contribution < 1.29 is 22.7 Å². The highest BCUT2D eigenvalue weighted by Gasteiger charge is 2.16. The van der Waals surface area contributed by atoms with Gasteiger partial charge in [0, 0.05) is 35.8 Å². The second kappa shape index (κ2) is 11.4. The molecule has 0 aliphatic carbocycles. The zero-order valence-electron chi connectivity index (χ0n) is 19.6. The zero-order valence-corrected chi connectivity index (χ0v) is 21.2. The standard InChI is InChI=1S/C26H25N3O5S2/c1-18(30)35-17-25(31)20-8-13-26(28-16-20)29-36(32,33)22-11-9-21(10-12-22)34-14-4-5-19-15-27-24-7-3-2-6-23(19)24/h2-3,6-13,15-16,27H,4-5,14,17H2,1H3,(H,28,29). The summed E-state index contributed by atoms with van der Waals surface area (Å²) in [5.74, 6) is 0.425. The summed E-state index contributed by atoms with van der Waals surface area (Å²) in [7, 11) is -3.87. The molecule has 0 fully saturated rings. The number of thioether (sulfide) groups is 1. The van der Waals surface area contributed by atoms with Gasteiger partial charge in [0.2, 0.25) is 0 Å². The third-order valence-corrected chi connectivity index (χ3v) is 7.58. The number of anilines is 1. The van der Waals surface area contributed by atoms with Gasteiger partial charge in [-0.05, 0) is 60.9 Å². The van der Waals surface area contributed by atoms with E-state index in [0.717, 1.165) is 30.1 Å². The van der Waals surface area contributed by atoms with E-state index in [4.69, 9.17) is 4.74 Å². The van der Waals surface area contributed by atoms with Crippen LogP contribution >= 0.6 is 11.8 Å². The molecule has 4 rings (SSSR count). The number of hydrogen-bond donors (Lipinski definition) is 2. The first kappa shape index (κ1) is 25.5. The quantitative estimate of drug-likeness (QED) is 0.213. The van der Waals surface area contributed by atoms with Crippen molar-refractivity contribution in [2.24, 2.45) is 0 Å². The molecule has 2 aromatic carbocycles. The minimum absolute atomic E-state index is 0.0134. The number of aryl methyl sites for hydroxylation is 1. The number of ether oxygens (including phenoxy) is 1. The highest BCUT2D eigenvalue weighted by Crippen LogP contribution is 2.21. The Morgan fingerprint density at radius 1 is 1.06 bits per heavy atom. The van der Waals surface area contributed by atoms with Gasteiger partial charge in [0.15, 0.2) is 10.9 Å². The molecule has 0 atom stereocenters. The van der Waals surface area contributed by atoms with E-state index in [-0.39, 0.29) is 27.4 Å². The van der Waals surface area contributed by atoms with Gasteiger partial charge in [-0.25, -0.2) is 13.4 Å². The fourth-order valence-electron chi connectivity index (χ4n) is 3.57. The number of H-pyrrole nitrogens is 1. The van der Waals surface area contributed by atoms with Crippen molar-refractivity contribution in [1.29, 1.82) is 0 Å². The molecule has 0 saturated carbocycles. The Kier molecular flexibility index (Phi) is 8.07. The maximum Gasteiger partial charge on any atom is 0.263 e. The Bertz CT molecular complexity index is 1460. The zero-order chi connectivity index (χ0) is 25.5. The number of hydrogen-bond acceptors (Lipinski definition) is 7. The van der Waals surface area contributed by atoms with Crippen molar-refractivity contribution in [2.75, 3.05) is 17.1 Å². The molecular formula is C26H25N3O5S2. The average Bonchev–Trinajstić information content (AvgIpc) is 3.29. The molecule has 8 nitrogen and oxygen atoms in total. The Hall–Kier alpha value is -3.63. The van der Waals surface area contributed by atoms with Crippen LogP contribution in [0.15, 0.2) is 78.0 Å². The molecule has 0 spiro atoms. The van der Waals surface area contributed by atoms with E-state index in [1.807, 2.05) is 24.4 Å². The van der Waals surface area contributed by atoms with E-state index >= 15 is 0 Å². The first-order valence-corrected chi connectivity index (χ1v) is 13.7. The lowest BCUT2D eigenvalue weighted by molar-refractivity contribution is -0.109. The third kappa shape index (κ3) is 6.52. The van der Waals surface area contributed by atoms with E-state index in [1.165, 1.54) is 48.3 Å². The van der Waals surface area contributed by atoms with Crippen LogP contribution in [0, 0.1) is 0 Å². The highest BCUT2D eigenvalue weighted by atomic mass is 32.2. The number of sulfonamides is 1. The summed E-state index contributed by atoms with van der Waals surface area (Å²) in [6.07, 6.45) is 4.99. The highest BCUT2D eigenvalue weighted by molar-refractivity contribution is 8.14. The molecule has 0 aliphatic heterocycles. The maximum atomic E-state index is 12.7. The Morgan fingerprint density at radius 3 is 2.56 bits per heavy atom. The number of aromatic amines is 1. The summed E-state index contributed by atoms with van der Waals surface area (Å²) >= 11 is 0.913. The van der Waals surface area contributed by atoms with E-state index in [1.54, 1.807) is 12.1 Å². The maximum absolute atomic E-state index is 12.7. The number of nitrogens with one attached hydrogen (secondary N) is 2. The van der Waals surface area contributed by atoms with Crippen molar-refractivity contribution in [2.45, 2.75) is 24.7 Å². The Labute approximate surface area is 213 Å². The van der Waals surface area contributed by atoms with Crippen LogP contribution < -0.4 is 9.46 Å². The molecule has 0 unspecified atom stereocenters. The van der Waals surface area contributed by atoms with E-state index < -0.39 is 10.0 Å². The third-order valence-electron chi connectivity index (χ3n) is 5.40. The van der Waals surface area contributed by atoms with Gasteiger partial charge in [-0.2, -0.15) is 0 Å². The van der Waals surface area contributed by atoms with Crippen LogP contribution in [0.25, 0.3) is 10.9 Å². The lowest BCUT2D eigenvalue weighted by Crippen LogP contribution is -2.14. The normalized spacial score (nSPS) is 11.4. The van der Waals surface area contributed by atoms with Crippen LogP contribution in [0.1, 0.15) is 29.3 Å². The number of benzene rings is 2. The van der Waals surface area contributed by atoms with Crippen LogP contribution in [0.5, 0.6) is 5.75 Å². The molecule has 2 aromatic heterocycles. The predicted molar refractivity (Wildman–Crippen MR) is 141 cm³/mol. The number of rotatable bonds is 11. The molecular weight excluding hydrogens is 498 g/mol.